The van der Waals surface area contributed by atoms with Crippen molar-refractivity contribution in [2.75, 3.05) is 31.1 Å². The molecule has 0 atom stereocenters. The molecule has 2 heterocycles. The zero-order valence-electron chi connectivity index (χ0n) is 17.9. The summed E-state index contributed by atoms with van der Waals surface area (Å²) in [5.74, 6) is 0.769. The van der Waals surface area contributed by atoms with Gasteiger partial charge in [0.15, 0.2) is 0 Å². The minimum atomic E-state index is -0.144. The molecule has 7 heteroatoms. The van der Waals surface area contributed by atoms with Crippen LogP contribution in [0.5, 0.6) is 0 Å². The Hall–Kier alpha value is -2.83. The van der Waals surface area contributed by atoms with Gasteiger partial charge in [-0.3, -0.25) is 4.79 Å². The summed E-state index contributed by atoms with van der Waals surface area (Å²) in [7, 11) is 0. The largest absolute Gasteiger partial charge is 0.353 e. The number of hydrogen-bond donors (Lipinski definition) is 1. The summed E-state index contributed by atoms with van der Waals surface area (Å²) in [6.45, 7) is 7.00. The van der Waals surface area contributed by atoms with Gasteiger partial charge in [0.25, 0.3) is 5.56 Å². The van der Waals surface area contributed by atoms with Crippen LogP contribution in [-0.4, -0.2) is 52.9 Å². The zero-order valence-corrected chi connectivity index (χ0v) is 17.9. The molecular formula is C23H31N5O2. The van der Waals surface area contributed by atoms with Crippen molar-refractivity contribution >= 4 is 11.8 Å². The van der Waals surface area contributed by atoms with Crippen molar-refractivity contribution in [3.63, 3.8) is 0 Å². The molecule has 1 aliphatic carbocycles. The predicted octanol–water partition coefficient (Wildman–Crippen LogP) is 3.01. The van der Waals surface area contributed by atoms with E-state index in [0.29, 0.717) is 19.1 Å². The summed E-state index contributed by atoms with van der Waals surface area (Å²) in [4.78, 5) is 29.2. The van der Waals surface area contributed by atoms with Gasteiger partial charge in [-0.2, -0.15) is 4.68 Å². The fraction of sp³-hybridized carbons (Fsp3) is 0.522. The molecule has 7 nitrogen and oxygen atoms in total. The molecule has 4 rings (SSSR count). The van der Waals surface area contributed by atoms with Gasteiger partial charge in [-0.15, -0.1) is 5.10 Å². The first-order chi connectivity index (χ1) is 14.5. The summed E-state index contributed by atoms with van der Waals surface area (Å²) in [6.07, 6.45) is 5.48. The van der Waals surface area contributed by atoms with Gasteiger partial charge in [0, 0.05) is 38.3 Å². The first-order valence-corrected chi connectivity index (χ1v) is 11.0. The van der Waals surface area contributed by atoms with Crippen LogP contribution >= 0.6 is 0 Å². The Bertz CT molecular complexity index is 964. The van der Waals surface area contributed by atoms with E-state index in [1.165, 1.54) is 23.1 Å². The maximum atomic E-state index is 12.6. The summed E-state index contributed by atoms with van der Waals surface area (Å²) in [5.41, 5.74) is 2.95. The molecule has 0 spiro atoms. The number of aromatic nitrogens is 2. The van der Waals surface area contributed by atoms with Crippen molar-refractivity contribution in [1.29, 1.82) is 0 Å². The Balaban J connectivity index is 1.47. The molecule has 2 aliphatic rings. The minimum Gasteiger partial charge on any atom is -0.353 e. The van der Waals surface area contributed by atoms with E-state index >= 15 is 0 Å². The number of rotatable bonds is 3. The van der Waals surface area contributed by atoms with E-state index in [-0.39, 0.29) is 11.6 Å². The SMILES string of the molecule is Cc1ccc(-n2nc(N3CCCN(C(=O)NC4CCCC4)CC3)ccc2=O)cc1C. The van der Waals surface area contributed by atoms with Crippen LogP contribution in [-0.2, 0) is 0 Å². The lowest BCUT2D eigenvalue weighted by atomic mass is 10.1. The maximum absolute atomic E-state index is 12.6. The fourth-order valence-corrected chi connectivity index (χ4v) is 4.30. The van der Waals surface area contributed by atoms with Crippen LogP contribution in [0.2, 0.25) is 0 Å². The molecular weight excluding hydrogens is 378 g/mol. The number of nitrogens with zero attached hydrogens (tertiary/aromatic N) is 4. The summed E-state index contributed by atoms with van der Waals surface area (Å²) < 4.78 is 1.47. The van der Waals surface area contributed by atoms with Gasteiger partial charge >= 0.3 is 6.03 Å². The number of carbonyl (C=O) groups excluding carboxylic acids is 1. The van der Waals surface area contributed by atoms with Crippen LogP contribution in [0.25, 0.3) is 5.69 Å². The number of amides is 2. The van der Waals surface area contributed by atoms with Gasteiger partial charge < -0.3 is 15.1 Å². The van der Waals surface area contributed by atoms with E-state index in [9.17, 15) is 9.59 Å². The van der Waals surface area contributed by atoms with Crippen molar-refractivity contribution in [2.45, 2.75) is 52.0 Å². The van der Waals surface area contributed by atoms with Crippen LogP contribution in [0.4, 0.5) is 10.6 Å². The summed E-state index contributed by atoms with van der Waals surface area (Å²) >= 11 is 0. The van der Waals surface area contributed by atoms with Crippen LogP contribution in [0.3, 0.4) is 0 Å². The van der Waals surface area contributed by atoms with Crippen LogP contribution in [0, 0.1) is 13.8 Å². The lowest BCUT2D eigenvalue weighted by Crippen LogP contribution is -2.45. The van der Waals surface area contributed by atoms with Crippen molar-refractivity contribution in [3.8, 4) is 5.69 Å². The van der Waals surface area contributed by atoms with E-state index in [0.717, 1.165) is 49.4 Å². The molecule has 2 fully saturated rings. The minimum absolute atomic E-state index is 0.0526. The van der Waals surface area contributed by atoms with Gasteiger partial charge in [-0.1, -0.05) is 18.9 Å². The van der Waals surface area contributed by atoms with Gasteiger partial charge in [0.2, 0.25) is 0 Å². The van der Waals surface area contributed by atoms with E-state index < -0.39 is 0 Å². The highest BCUT2D eigenvalue weighted by atomic mass is 16.2. The standard InChI is InChI=1S/C23H31N5O2/c1-17-8-9-20(16-18(17)2)28-22(29)11-10-21(25-28)26-12-5-13-27(15-14-26)23(30)24-19-6-3-4-7-19/h8-11,16,19H,3-7,12-15H2,1-2H3,(H,24,30). The first-order valence-electron chi connectivity index (χ1n) is 11.0. The van der Waals surface area contributed by atoms with E-state index in [2.05, 4.69) is 22.2 Å². The van der Waals surface area contributed by atoms with Crippen molar-refractivity contribution in [2.24, 2.45) is 0 Å². The Morgan fingerprint density at radius 3 is 2.53 bits per heavy atom. The lowest BCUT2D eigenvalue weighted by molar-refractivity contribution is 0.197. The molecule has 2 amide bonds. The topological polar surface area (TPSA) is 70.5 Å². The molecule has 1 aliphatic heterocycles. The lowest BCUT2D eigenvalue weighted by Gasteiger charge is -2.24. The monoisotopic (exact) mass is 409 g/mol. The molecule has 30 heavy (non-hydrogen) atoms. The molecule has 0 radical (unpaired) electrons. The number of carbonyl (C=O) groups is 1. The Kier molecular flexibility index (Phi) is 6.06. The Morgan fingerprint density at radius 1 is 0.967 bits per heavy atom. The van der Waals surface area contributed by atoms with Gasteiger partial charge in [-0.25, -0.2) is 4.79 Å². The second kappa shape index (κ2) is 8.90. The Morgan fingerprint density at radius 2 is 1.77 bits per heavy atom. The smallest absolute Gasteiger partial charge is 0.317 e. The number of anilines is 1. The molecule has 160 valence electrons. The van der Waals surface area contributed by atoms with Crippen LogP contribution in [0.15, 0.2) is 35.1 Å². The second-order valence-electron chi connectivity index (χ2n) is 8.47. The number of hydrogen-bond acceptors (Lipinski definition) is 4. The van der Waals surface area contributed by atoms with Gasteiger partial charge in [-0.05, 0) is 62.4 Å². The number of urea groups is 1. The molecule has 1 aromatic heterocycles. The molecule has 0 bridgehead atoms. The summed E-state index contributed by atoms with van der Waals surface area (Å²) in [5, 5.41) is 7.83. The summed E-state index contributed by atoms with van der Waals surface area (Å²) in [6, 6.07) is 9.68. The normalized spacial score (nSPS) is 17.8. The van der Waals surface area contributed by atoms with E-state index in [4.69, 9.17) is 0 Å². The van der Waals surface area contributed by atoms with Gasteiger partial charge in [0.1, 0.15) is 5.82 Å². The molecule has 1 saturated heterocycles. The van der Waals surface area contributed by atoms with Crippen LogP contribution in [0.1, 0.15) is 43.2 Å². The quantitative estimate of drug-likeness (QED) is 0.846. The molecule has 1 N–H and O–H groups in total. The van der Waals surface area contributed by atoms with Crippen molar-refractivity contribution in [3.05, 3.63) is 51.8 Å². The first kappa shape index (κ1) is 20.4. The highest BCUT2D eigenvalue weighted by Crippen LogP contribution is 2.19. The van der Waals surface area contributed by atoms with Crippen molar-refractivity contribution < 1.29 is 4.79 Å². The third-order valence-electron chi connectivity index (χ3n) is 6.31. The predicted molar refractivity (Wildman–Crippen MR) is 118 cm³/mol. The van der Waals surface area contributed by atoms with E-state index in [1.54, 1.807) is 12.1 Å². The molecule has 1 saturated carbocycles. The zero-order chi connectivity index (χ0) is 21.1. The number of nitrogens with one attached hydrogen (secondary N) is 1. The highest BCUT2D eigenvalue weighted by molar-refractivity contribution is 5.74. The molecule has 1 aromatic carbocycles. The average Bonchev–Trinajstić information content (AvgIpc) is 3.12. The maximum Gasteiger partial charge on any atom is 0.317 e. The fourth-order valence-electron chi connectivity index (χ4n) is 4.30. The third-order valence-corrected chi connectivity index (χ3v) is 6.31. The molecule has 2 aromatic rings. The Labute approximate surface area is 177 Å². The highest BCUT2D eigenvalue weighted by Gasteiger charge is 2.23. The molecule has 0 unspecified atom stereocenters. The third kappa shape index (κ3) is 4.50. The number of benzene rings is 1. The van der Waals surface area contributed by atoms with E-state index in [1.807, 2.05) is 30.0 Å². The number of aryl methyl sites for hydroxylation is 2. The second-order valence-corrected chi connectivity index (χ2v) is 8.47. The van der Waals surface area contributed by atoms with Crippen molar-refractivity contribution in [1.82, 2.24) is 20.0 Å². The average molecular weight is 410 g/mol. The van der Waals surface area contributed by atoms with Crippen LogP contribution < -0.4 is 15.8 Å². The van der Waals surface area contributed by atoms with Gasteiger partial charge in [0.05, 0.1) is 5.69 Å².